The van der Waals surface area contributed by atoms with Crippen molar-refractivity contribution in [2.24, 2.45) is 0 Å². The predicted octanol–water partition coefficient (Wildman–Crippen LogP) is -0.0138. The van der Waals surface area contributed by atoms with Crippen LogP contribution in [0, 0.1) is 12.3 Å². The highest BCUT2D eigenvalue weighted by atomic mass is 16.3. The zero-order valence-electron chi connectivity index (χ0n) is 11.9. The Labute approximate surface area is 111 Å². The van der Waals surface area contributed by atoms with Gasteiger partial charge in [0.05, 0.1) is 12.1 Å². The minimum atomic E-state index is -0.667. The summed E-state index contributed by atoms with van der Waals surface area (Å²) in [6.07, 6.45) is 7.53. The minimum Gasteiger partial charge on any atom is -0.388 e. The van der Waals surface area contributed by atoms with Crippen LogP contribution in [-0.4, -0.2) is 73.4 Å². The normalized spacial score (nSPS) is 21.8. The summed E-state index contributed by atoms with van der Waals surface area (Å²) in [6.45, 7) is 6.06. The molecule has 0 saturated carbocycles. The molecule has 1 rings (SSSR count). The number of aliphatic hydroxyl groups is 1. The predicted molar refractivity (Wildman–Crippen MR) is 75.5 cm³/mol. The Morgan fingerprint density at radius 2 is 2.06 bits per heavy atom. The van der Waals surface area contributed by atoms with Gasteiger partial charge < -0.3 is 15.3 Å². The molecule has 18 heavy (non-hydrogen) atoms. The molecule has 104 valence electrons. The van der Waals surface area contributed by atoms with E-state index in [1.54, 1.807) is 0 Å². The second kappa shape index (κ2) is 7.10. The van der Waals surface area contributed by atoms with E-state index >= 15 is 0 Å². The third-order valence-corrected chi connectivity index (χ3v) is 3.33. The van der Waals surface area contributed by atoms with E-state index in [2.05, 4.69) is 16.1 Å². The van der Waals surface area contributed by atoms with Gasteiger partial charge in [0.15, 0.2) is 0 Å². The maximum atomic E-state index is 10.2. The van der Waals surface area contributed by atoms with Crippen molar-refractivity contribution in [1.82, 2.24) is 15.1 Å². The van der Waals surface area contributed by atoms with Gasteiger partial charge in [-0.05, 0) is 33.9 Å². The molecule has 2 N–H and O–H groups in total. The molecule has 0 amide bonds. The summed E-state index contributed by atoms with van der Waals surface area (Å²) in [5.41, 5.74) is -0.667. The summed E-state index contributed by atoms with van der Waals surface area (Å²) in [5.74, 6) is 2.69. The molecule has 1 atom stereocenters. The van der Waals surface area contributed by atoms with Crippen molar-refractivity contribution in [3.8, 4) is 12.3 Å². The standard InChI is InChI=1S/C14H27N3O/c1-5-8-17-9-6-13(7-10-17)15-11-14(2,18)12-16(3)4/h1,13,15,18H,6-12H2,2-4H3. The van der Waals surface area contributed by atoms with Crippen molar-refractivity contribution < 1.29 is 5.11 Å². The maximum Gasteiger partial charge on any atom is 0.0869 e. The molecule has 0 radical (unpaired) electrons. The van der Waals surface area contributed by atoms with Crippen molar-refractivity contribution >= 4 is 0 Å². The lowest BCUT2D eigenvalue weighted by molar-refractivity contribution is 0.0290. The molecular formula is C14H27N3O. The van der Waals surface area contributed by atoms with Crippen LogP contribution in [-0.2, 0) is 0 Å². The number of rotatable bonds is 6. The van der Waals surface area contributed by atoms with Crippen LogP contribution in [0.25, 0.3) is 0 Å². The van der Waals surface area contributed by atoms with Crippen LogP contribution in [0.5, 0.6) is 0 Å². The second-order valence-corrected chi connectivity index (χ2v) is 5.87. The molecule has 1 aliphatic rings. The average Bonchev–Trinajstić information content (AvgIpc) is 2.27. The SMILES string of the molecule is C#CCN1CCC(NCC(C)(O)CN(C)C)CC1. The van der Waals surface area contributed by atoms with Crippen LogP contribution in [0.3, 0.4) is 0 Å². The Morgan fingerprint density at radius 3 is 2.56 bits per heavy atom. The number of terminal acetylenes is 1. The van der Waals surface area contributed by atoms with E-state index in [1.807, 2.05) is 25.9 Å². The lowest BCUT2D eigenvalue weighted by atomic mass is 10.0. The summed E-state index contributed by atoms with van der Waals surface area (Å²) in [6, 6.07) is 0.507. The largest absolute Gasteiger partial charge is 0.388 e. The van der Waals surface area contributed by atoms with Crippen molar-refractivity contribution in [3.63, 3.8) is 0 Å². The summed E-state index contributed by atoms with van der Waals surface area (Å²) in [5, 5.41) is 13.7. The molecule has 0 spiro atoms. The van der Waals surface area contributed by atoms with Crippen LogP contribution < -0.4 is 5.32 Å². The number of likely N-dealkylation sites (N-methyl/N-ethyl adjacent to an activating group) is 1. The molecule has 1 aliphatic heterocycles. The molecule has 1 heterocycles. The first kappa shape index (κ1) is 15.5. The van der Waals surface area contributed by atoms with Crippen molar-refractivity contribution in [3.05, 3.63) is 0 Å². The molecule has 0 bridgehead atoms. The molecule has 0 aromatic heterocycles. The van der Waals surface area contributed by atoms with E-state index in [-0.39, 0.29) is 0 Å². The van der Waals surface area contributed by atoms with E-state index < -0.39 is 5.60 Å². The van der Waals surface area contributed by atoms with Gasteiger partial charge in [-0.2, -0.15) is 0 Å². The third kappa shape index (κ3) is 5.83. The molecule has 0 aromatic rings. The summed E-state index contributed by atoms with van der Waals surface area (Å²) >= 11 is 0. The van der Waals surface area contributed by atoms with E-state index in [0.717, 1.165) is 32.5 Å². The highest BCUT2D eigenvalue weighted by Crippen LogP contribution is 2.11. The molecule has 0 aromatic carbocycles. The van der Waals surface area contributed by atoms with Crippen LogP contribution in [0.2, 0.25) is 0 Å². The Hall–Kier alpha value is -0.600. The van der Waals surface area contributed by atoms with Gasteiger partial charge in [0.2, 0.25) is 0 Å². The fraction of sp³-hybridized carbons (Fsp3) is 0.857. The van der Waals surface area contributed by atoms with Gasteiger partial charge in [0.25, 0.3) is 0 Å². The zero-order chi connectivity index (χ0) is 13.6. The van der Waals surface area contributed by atoms with Crippen LogP contribution >= 0.6 is 0 Å². The van der Waals surface area contributed by atoms with Crippen LogP contribution in [0.1, 0.15) is 19.8 Å². The Bertz CT molecular complexity index is 275. The zero-order valence-corrected chi connectivity index (χ0v) is 11.9. The third-order valence-electron chi connectivity index (χ3n) is 3.33. The average molecular weight is 253 g/mol. The lowest BCUT2D eigenvalue weighted by Gasteiger charge is -2.34. The van der Waals surface area contributed by atoms with Crippen molar-refractivity contribution in [1.29, 1.82) is 0 Å². The van der Waals surface area contributed by atoms with Gasteiger partial charge in [-0.25, -0.2) is 0 Å². The number of hydrogen-bond acceptors (Lipinski definition) is 4. The second-order valence-electron chi connectivity index (χ2n) is 5.87. The molecule has 1 saturated heterocycles. The molecule has 4 nitrogen and oxygen atoms in total. The van der Waals surface area contributed by atoms with Gasteiger partial charge in [-0.1, -0.05) is 5.92 Å². The van der Waals surface area contributed by atoms with Crippen LogP contribution in [0.15, 0.2) is 0 Å². The number of nitrogens with one attached hydrogen (secondary N) is 1. The molecule has 4 heteroatoms. The fourth-order valence-corrected chi connectivity index (χ4v) is 2.53. The Kier molecular flexibility index (Phi) is 6.10. The first-order valence-corrected chi connectivity index (χ1v) is 6.69. The molecule has 1 fully saturated rings. The first-order valence-electron chi connectivity index (χ1n) is 6.69. The van der Waals surface area contributed by atoms with Gasteiger partial charge in [-0.3, -0.25) is 4.90 Å². The fourth-order valence-electron chi connectivity index (χ4n) is 2.53. The minimum absolute atomic E-state index is 0.507. The van der Waals surface area contributed by atoms with E-state index in [0.29, 0.717) is 19.1 Å². The Balaban J connectivity index is 2.23. The van der Waals surface area contributed by atoms with Crippen molar-refractivity contribution in [2.75, 3.05) is 46.8 Å². The lowest BCUT2D eigenvalue weighted by Crippen LogP contribution is -2.50. The van der Waals surface area contributed by atoms with E-state index in [9.17, 15) is 5.11 Å². The molecule has 0 aliphatic carbocycles. The number of piperidine rings is 1. The maximum absolute atomic E-state index is 10.2. The molecular weight excluding hydrogens is 226 g/mol. The van der Waals surface area contributed by atoms with E-state index in [1.165, 1.54) is 0 Å². The monoisotopic (exact) mass is 253 g/mol. The molecule has 1 unspecified atom stereocenters. The van der Waals surface area contributed by atoms with Crippen LogP contribution in [0.4, 0.5) is 0 Å². The highest BCUT2D eigenvalue weighted by Gasteiger charge is 2.24. The quantitative estimate of drug-likeness (QED) is 0.653. The van der Waals surface area contributed by atoms with Gasteiger partial charge in [-0.15, -0.1) is 6.42 Å². The first-order chi connectivity index (χ1) is 8.43. The number of nitrogens with zero attached hydrogens (tertiary/aromatic N) is 2. The summed E-state index contributed by atoms with van der Waals surface area (Å²) in [7, 11) is 3.96. The highest BCUT2D eigenvalue weighted by molar-refractivity contribution is 4.91. The summed E-state index contributed by atoms with van der Waals surface area (Å²) < 4.78 is 0. The van der Waals surface area contributed by atoms with Gasteiger partial charge >= 0.3 is 0 Å². The number of likely N-dealkylation sites (tertiary alicyclic amines) is 1. The smallest absolute Gasteiger partial charge is 0.0869 e. The Morgan fingerprint density at radius 1 is 1.44 bits per heavy atom. The van der Waals surface area contributed by atoms with Crippen molar-refractivity contribution in [2.45, 2.75) is 31.4 Å². The van der Waals surface area contributed by atoms with Gasteiger partial charge in [0, 0.05) is 32.2 Å². The van der Waals surface area contributed by atoms with Gasteiger partial charge in [0.1, 0.15) is 0 Å². The topological polar surface area (TPSA) is 38.7 Å². The number of hydrogen-bond donors (Lipinski definition) is 2. The summed E-state index contributed by atoms with van der Waals surface area (Å²) in [4.78, 5) is 4.31. The van der Waals surface area contributed by atoms with E-state index in [4.69, 9.17) is 6.42 Å².